The third-order valence-electron chi connectivity index (χ3n) is 3.08. The van der Waals surface area contributed by atoms with Gasteiger partial charge in [0.2, 0.25) is 0 Å². The van der Waals surface area contributed by atoms with Crippen molar-refractivity contribution in [2.24, 2.45) is 5.73 Å². The summed E-state index contributed by atoms with van der Waals surface area (Å²) in [5.74, 6) is 0.716. The van der Waals surface area contributed by atoms with Crippen LogP contribution in [0, 0.1) is 13.8 Å². The fourth-order valence-corrected chi connectivity index (χ4v) is 2.15. The van der Waals surface area contributed by atoms with E-state index in [0.717, 1.165) is 17.5 Å². The lowest BCUT2D eigenvalue weighted by Gasteiger charge is -2.23. The maximum Gasteiger partial charge on any atom is 0.128 e. The third kappa shape index (κ3) is 4.20. The Kier molecular flexibility index (Phi) is 6.28. The van der Waals surface area contributed by atoms with Crippen molar-refractivity contribution in [2.45, 2.75) is 45.8 Å². The van der Waals surface area contributed by atoms with Crippen molar-refractivity contribution in [3.63, 3.8) is 0 Å². The number of nitrogens with two attached hydrogens (primary N) is 1. The standard InChI is InChI=1S/C15H25NO3/c1-4-7-19-15-11(3)8-10(2)9-12(15)14(18)13(16)5-6-17/h8-9,13-14,17-18H,4-7,16H2,1-3H3. The molecule has 0 bridgehead atoms. The van der Waals surface area contributed by atoms with Crippen molar-refractivity contribution in [1.82, 2.24) is 0 Å². The van der Waals surface area contributed by atoms with Crippen LogP contribution in [0.2, 0.25) is 0 Å². The van der Waals surface area contributed by atoms with Gasteiger partial charge in [-0.05, 0) is 38.3 Å². The Labute approximate surface area is 115 Å². The van der Waals surface area contributed by atoms with Crippen LogP contribution >= 0.6 is 0 Å². The zero-order valence-corrected chi connectivity index (χ0v) is 12.0. The molecule has 4 nitrogen and oxygen atoms in total. The summed E-state index contributed by atoms with van der Waals surface area (Å²) in [5.41, 5.74) is 8.67. The highest BCUT2D eigenvalue weighted by Gasteiger charge is 2.22. The van der Waals surface area contributed by atoms with Crippen LogP contribution in [0.15, 0.2) is 12.1 Å². The Morgan fingerprint density at radius 3 is 2.58 bits per heavy atom. The molecule has 2 unspecified atom stereocenters. The summed E-state index contributed by atoms with van der Waals surface area (Å²) < 4.78 is 5.74. The van der Waals surface area contributed by atoms with Crippen molar-refractivity contribution in [2.75, 3.05) is 13.2 Å². The van der Waals surface area contributed by atoms with Crippen LogP contribution in [0.5, 0.6) is 5.75 Å². The van der Waals surface area contributed by atoms with Crippen LogP contribution in [0.25, 0.3) is 0 Å². The fraction of sp³-hybridized carbons (Fsp3) is 0.600. The summed E-state index contributed by atoms with van der Waals surface area (Å²) >= 11 is 0. The minimum atomic E-state index is -0.822. The van der Waals surface area contributed by atoms with E-state index >= 15 is 0 Å². The molecule has 0 amide bonds. The van der Waals surface area contributed by atoms with Gasteiger partial charge in [0.15, 0.2) is 0 Å². The average molecular weight is 267 g/mol. The lowest BCUT2D eigenvalue weighted by atomic mass is 9.96. The lowest BCUT2D eigenvalue weighted by Crippen LogP contribution is -2.30. The number of rotatable bonds is 7. The number of hydrogen-bond acceptors (Lipinski definition) is 4. The topological polar surface area (TPSA) is 75.7 Å². The van der Waals surface area contributed by atoms with Gasteiger partial charge < -0.3 is 20.7 Å². The Bertz CT molecular complexity index is 407. The third-order valence-corrected chi connectivity index (χ3v) is 3.08. The largest absolute Gasteiger partial charge is 0.493 e. The van der Waals surface area contributed by atoms with Gasteiger partial charge >= 0.3 is 0 Å². The van der Waals surface area contributed by atoms with Crippen LogP contribution in [0.3, 0.4) is 0 Å². The zero-order valence-electron chi connectivity index (χ0n) is 12.0. The molecule has 0 aliphatic heterocycles. The average Bonchev–Trinajstić information content (AvgIpc) is 2.36. The van der Waals surface area contributed by atoms with E-state index in [2.05, 4.69) is 0 Å². The minimum Gasteiger partial charge on any atom is -0.493 e. The Morgan fingerprint density at radius 1 is 1.32 bits per heavy atom. The first-order chi connectivity index (χ1) is 9.01. The van der Waals surface area contributed by atoms with Gasteiger partial charge in [0.25, 0.3) is 0 Å². The van der Waals surface area contributed by atoms with Crippen LogP contribution < -0.4 is 10.5 Å². The molecule has 0 spiro atoms. The van der Waals surface area contributed by atoms with Crippen molar-refractivity contribution >= 4 is 0 Å². The fourth-order valence-electron chi connectivity index (χ4n) is 2.15. The summed E-state index contributed by atoms with van der Waals surface area (Å²) in [6, 6.07) is 3.44. The highest BCUT2D eigenvalue weighted by molar-refractivity contribution is 5.45. The first kappa shape index (κ1) is 16.0. The number of aliphatic hydroxyl groups excluding tert-OH is 2. The maximum atomic E-state index is 10.3. The Morgan fingerprint density at radius 2 is 2.00 bits per heavy atom. The van der Waals surface area contributed by atoms with Gasteiger partial charge in [-0.25, -0.2) is 0 Å². The van der Waals surface area contributed by atoms with Crippen molar-refractivity contribution < 1.29 is 14.9 Å². The van der Waals surface area contributed by atoms with E-state index in [1.54, 1.807) is 0 Å². The molecule has 4 N–H and O–H groups in total. The molecular formula is C15H25NO3. The van der Waals surface area contributed by atoms with Gasteiger partial charge in [-0.3, -0.25) is 0 Å². The molecule has 108 valence electrons. The van der Waals surface area contributed by atoms with E-state index in [1.165, 1.54) is 0 Å². The Balaban J connectivity index is 3.08. The van der Waals surface area contributed by atoms with E-state index in [4.69, 9.17) is 15.6 Å². The molecule has 0 aliphatic carbocycles. The van der Waals surface area contributed by atoms with Crippen molar-refractivity contribution in [1.29, 1.82) is 0 Å². The number of benzene rings is 1. The van der Waals surface area contributed by atoms with Gasteiger partial charge in [-0.15, -0.1) is 0 Å². The van der Waals surface area contributed by atoms with Crippen LogP contribution in [-0.4, -0.2) is 29.5 Å². The van der Waals surface area contributed by atoms with E-state index in [9.17, 15) is 5.11 Å². The first-order valence-electron chi connectivity index (χ1n) is 6.79. The quantitative estimate of drug-likeness (QED) is 0.704. The summed E-state index contributed by atoms with van der Waals surface area (Å²) in [4.78, 5) is 0. The second kappa shape index (κ2) is 7.48. The molecule has 0 aromatic heterocycles. The molecule has 0 radical (unpaired) electrons. The zero-order chi connectivity index (χ0) is 14.4. The summed E-state index contributed by atoms with van der Waals surface area (Å²) in [6.45, 7) is 6.56. The van der Waals surface area contributed by atoms with Crippen LogP contribution in [-0.2, 0) is 0 Å². The van der Waals surface area contributed by atoms with E-state index in [1.807, 2.05) is 32.9 Å². The van der Waals surface area contributed by atoms with E-state index in [0.29, 0.717) is 24.3 Å². The smallest absolute Gasteiger partial charge is 0.128 e. The molecule has 1 rings (SSSR count). The summed E-state index contributed by atoms with van der Waals surface area (Å²) in [5, 5.41) is 19.3. The van der Waals surface area contributed by atoms with Crippen LogP contribution in [0.1, 0.15) is 42.6 Å². The molecule has 0 aliphatic rings. The molecule has 1 aromatic rings. The number of hydrogen-bond donors (Lipinski definition) is 3. The normalized spacial score (nSPS) is 14.2. The molecule has 0 heterocycles. The highest BCUT2D eigenvalue weighted by Crippen LogP contribution is 2.32. The number of aliphatic hydroxyl groups is 2. The molecule has 0 saturated carbocycles. The maximum absolute atomic E-state index is 10.3. The van der Waals surface area contributed by atoms with Gasteiger partial charge in [-0.2, -0.15) is 0 Å². The van der Waals surface area contributed by atoms with Gasteiger partial charge in [0.1, 0.15) is 5.75 Å². The summed E-state index contributed by atoms with van der Waals surface area (Å²) in [7, 11) is 0. The molecule has 2 atom stereocenters. The predicted molar refractivity (Wildman–Crippen MR) is 76.3 cm³/mol. The monoisotopic (exact) mass is 267 g/mol. The molecule has 1 aromatic carbocycles. The van der Waals surface area contributed by atoms with Crippen molar-refractivity contribution in [3.8, 4) is 5.75 Å². The van der Waals surface area contributed by atoms with E-state index in [-0.39, 0.29) is 6.61 Å². The Hall–Kier alpha value is -1.10. The molecule has 0 fully saturated rings. The predicted octanol–water partition coefficient (Wildman–Crippen LogP) is 1.84. The molecular weight excluding hydrogens is 242 g/mol. The highest BCUT2D eigenvalue weighted by atomic mass is 16.5. The van der Waals surface area contributed by atoms with Crippen LogP contribution in [0.4, 0.5) is 0 Å². The SMILES string of the molecule is CCCOc1c(C)cc(C)cc1C(O)C(N)CCO. The molecule has 4 heteroatoms. The number of aryl methyl sites for hydroxylation is 2. The second-order valence-corrected chi connectivity index (χ2v) is 4.97. The van der Waals surface area contributed by atoms with Gasteiger partial charge in [-0.1, -0.05) is 18.6 Å². The van der Waals surface area contributed by atoms with Crippen molar-refractivity contribution in [3.05, 3.63) is 28.8 Å². The second-order valence-electron chi connectivity index (χ2n) is 4.97. The summed E-state index contributed by atoms with van der Waals surface area (Å²) in [6.07, 6.45) is 0.449. The van der Waals surface area contributed by atoms with Gasteiger partial charge in [0, 0.05) is 18.2 Å². The molecule has 0 saturated heterocycles. The van der Waals surface area contributed by atoms with E-state index < -0.39 is 12.1 Å². The molecule has 19 heavy (non-hydrogen) atoms. The lowest BCUT2D eigenvalue weighted by molar-refractivity contribution is 0.125. The van der Waals surface area contributed by atoms with Gasteiger partial charge in [0.05, 0.1) is 12.7 Å². The first-order valence-corrected chi connectivity index (χ1v) is 6.79. The minimum absolute atomic E-state index is 0.0336. The number of ether oxygens (including phenoxy) is 1.